The zero-order valence-corrected chi connectivity index (χ0v) is 14.8. The molecule has 2 aliphatic heterocycles. The number of rotatable bonds is 5. The first-order chi connectivity index (χ1) is 11.6. The van der Waals surface area contributed by atoms with Gasteiger partial charge in [0.2, 0.25) is 6.41 Å². The number of carbonyl (C=O) groups excluding carboxylic acids is 1. The molecule has 0 aromatic heterocycles. The van der Waals surface area contributed by atoms with Crippen LogP contribution in [-0.4, -0.2) is 56.2 Å². The van der Waals surface area contributed by atoms with Gasteiger partial charge < -0.3 is 15.0 Å². The zero-order valence-electron chi connectivity index (χ0n) is 14.8. The molecule has 0 saturated carbocycles. The van der Waals surface area contributed by atoms with Gasteiger partial charge in [-0.3, -0.25) is 9.69 Å². The number of benzene rings is 1. The first-order valence-corrected chi connectivity index (χ1v) is 8.99. The number of ether oxygens (including phenoxy) is 1. The molecule has 24 heavy (non-hydrogen) atoms. The van der Waals surface area contributed by atoms with Crippen molar-refractivity contribution in [1.82, 2.24) is 4.90 Å². The number of carbonyl (C=O) groups is 1. The Labute approximate surface area is 145 Å². The van der Waals surface area contributed by atoms with Crippen molar-refractivity contribution < 1.29 is 9.53 Å². The van der Waals surface area contributed by atoms with Gasteiger partial charge in [-0.15, -0.1) is 0 Å². The van der Waals surface area contributed by atoms with Gasteiger partial charge in [0.1, 0.15) is 0 Å². The van der Waals surface area contributed by atoms with Crippen LogP contribution in [0.5, 0.6) is 0 Å². The summed E-state index contributed by atoms with van der Waals surface area (Å²) in [6.07, 6.45) is 5.34. The fourth-order valence-electron chi connectivity index (χ4n) is 4.08. The molecule has 1 aromatic carbocycles. The molecule has 5 heteroatoms. The predicted molar refractivity (Wildman–Crippen MR) is 97.6 cm³/mol. The Morgan fingerprint density at radius 3 is 2.58 bits per heavy atom. The second-order valence-electron chi connectivity index (χ2n) is 7.22. The van der Waals surface area contributed by atoms with E-state index >= 15 is 0 Å². The number of hydrogen-bond donors (Lipinski definition) is 1. The van der Waals surface area contributed by atoms with E-state index in [4.69, 9.17) is 4.74 Å². The highest BCUT2D eigenvalue weighted by Gasteiger charge is 2.36. The summed E-state index contributed by atoms with van der Waals surface area (Å²) in [5.74, 6) is 0. The minimum Gasteiger partial charge on any atom is -0.381 e. The Bertz CT molecular complexity index is 549. The SMILES string of the molecule is CN(c1ccccc1NC=O)C1CCN(C2(C)CCOCC2)CC1. The van der Waals surface area contributed by atoms with Crippen molar-refractivity contribution in [2.75, 3.05) is 43.6 Å². The highest BCUT2D eigenvalue weighted by atomic mass is 16.5. The van der Waals surface area contributed by atoms with Gasteiger partial charge in [0.25, 0.3) is 0 Å². The van der Waals surface area contributed by atoms with Gasteiger partial charge in [0, 0.05) is 44.9 Å². The largest absolute Gasteiger partial charge is 0.381 e. The second-order valence-corrected chi connectivity index (χ2v) is 7.22. The number of anilines is 2. The molecule has 1 N–H and O–H groups in total. The van der Waals surface area contributed by atoms with Crippen molar-refractivity contribution in [3.63, 3.8) is 0 Å². The first kappa shape index (κ1) is 17.2. The third-order valence-corrected chi connectivity index (χ3v) is 5.84. The highest BCUT2D eigenvalue weighted by molar-refractivity contribution is 5.81. The van der Waals surface area contributed by atoms with Crippen LogP contribution in [0.25, 0.3) is 0 Å². The molecule has 5 nitrogen and oxygen atoms in total. The molecule has 0 bridgehead atoms. The fourth-order valence-corrected chi connectivity index (χ4v) is 4.08. The lowest BCUT2D eigenvalue weighted by Gasteiger charge is -2.48. The maximum absolute atomic E-state index is 10.8. The van der Waals surface area contributed by atoms with Crippen molar-refractivity contribution in [2.45, 2.75) is 44.2 Å². The van der Waals surface area contributed by atoms with Crippen LogP contribution in [0.4, 0.5) is 11.4 Å². The first-order valence-electron chi connectivity index (χ1n) is 8.99. The van der Waals surface area contributed by atoms with E-state index in [-0.39, 0.29) is 0 Å². The summed E-state index contributed by atoms with van der Waals surface area (Å²) in [7, 11) is 2.14. The topological polar surface area (TPSA) is 44.8 Å². The van der Waals surface area contributed by atoms with Crippen LogP contribution in [0.15, 0.2) is 24.3 Å². The Balaban J connectivity index is 1.63. The third-order valence-electron chi connectivity index (χ3n) is 5.84. The van der Waals surface area contributed by atoms with Crippen molar-refractivity contribution in [3.05, 3.63) is 24.3 Å². The van der Waals surface area contributed by atoms with Gasteiger partial charge in [0.15, 0.2) is 0 Å². The summed E-state index contributed by atoms with van der Waals surface area (Å²) in [6, 6.07) is 8.54. The molecule has 1 aromatic rings. The van der Waals surface area contributed by atoms with Crippen molar-refractivity contribution in [2.24, 2.45) is 0 Å². The number of nitrogens with zero attached hydrogens (tertiary/aromatic N) is 2. The number of para-hydroxylation sites is 2. The van der Waals surface area contributed by atoms with Gasteiger partial charge in [0.05, 0.1) is 11.4 Å². The average Bonchev–Trinajstić information content (AvgIpc) is 2.63. The van der Waals surface area contributed by atoms with E-state index in [2.05, 4.69) is 35.2 Å². The second kappa shape index (κ2) is 7.53. The molecule has 2 saturated heterocycles. The maximum atomic E-state index is 10.8. The smallest absolute Gasteiger partial charge is 0.211 e. The molecule has 0 spiro atoms. The molecular weight excluding hydrogens is 302 g/mol. The molecular formula is C19H29N3O2. The van der Waals surface area contributed by atoms with Gasteiger partial charge in [-0.05, 0) is 44.7 Å². The Kier molecular flexibility index (Phi) is 5.41. The Hall–Kier alpha value is -1.59. The molecule has 0 aliphatic carbocycles. The van der Waals surface area contributed by atoms with Crippen LogP contribution >= 0.6 is 0 Å². The molecule has 2 heterocycles. The Morgan fingerprint density at radius 1 is 1.25 bits per heavy atom. The van der Waals surface area contributed by atoms with E-state index < -0.39 is 0 Å². The number of amides is 1. The van der Waals surface area contributed by atoms with E-state index in [1.165, 1.54) is 0 Å². The van der Waals surface area contributed by atoms with Gasteiger partial charge >= 0.3 is 0 Å². The fraction of sp³-hybridized carbons (Fsp3) is 0.632. The van der Waals surface area contributed by atoms with Crippen LogP contribution in [0, 0.1) is 0 Å². The molecule has 1 amide bonds. The van der Waals surface area contributed by atoms with Gasteiger partial charge in [-0.2, -0.15) is 0 Å². The standard InChI is InChI=1S/C19H29N3O2/c1-19(9-13-24-14-10-19)22-11-7-16(8-12-22)21(2)18-6-4-3-5-17(18)20-15-23/h3-6,15-16H,7-14H2,1-2H3,(H,20,23). The maximum Gasteiger partial charge on any atom is 0.211 e. The van der Waals surface area contributed by atoms with Crippen LogP contribution in [0.3, 0.4) is 0 Å². The summed E-state index contributed by atoms with van der Waals surface area (Å²) in [5, 5.41) is 2.82. The lowest BCUT2D eigenvalue weighted by Crippen LogP contribution is -2.55. The van der Waals surface area contributed by atoms with Crippen LogP contribution < -0.4 is 10.2 Å². The van der Waals surface area contributed by atoms with Crippen molar-refractivity contribution >= 4 is 17.8 Å². The monoisotopic (exact) mass is 331 g/mol. The van der Waals surface area contributed by atoms with E-state index in [9.17, 15) is 4.79 Å². The summed E-state index contributed by atoms with van der Waals surface area (Å²) < 4.78 is 5.54. The number of piperidine rings is 1. The average molecular weight is 331 g/mol. The van der Waals surface area contributed by atoms with Crippen LogP contribution in [0.1, 0.15) is 32.6 Å². The van der Waals surface area contributed by atoms with E-state index in [0.717, 1.165) is 69.8 Å². The van der Waals surface area contributed by atoms with Gasteiger partial charge in [-0.25, -0.2) is 0 Å². The van der Waals surface area contributed by atoms with Crippen molar-refractivity contribution in [3.8, 4) is 0 Å². The Morgan fingerprint density at radius 2 is 1.92 bits per heavy atom. The minimum atomic E-state index is 0.304. The van der Waals surface area contributed by atoms with Crippen LogP contribution in [-0.2, 0) is 9.53 Å². The molecule has 132 valence electrons. The number of likely N-dealkylation sites (tertiary alicyclic amines) is 1. The number of nitrogens with one attached hydrogen (secondary N) is 1. The predicted octanol–water partition coefficient (Wildman–Crippen LogP) is 2.72. The van der Waals surface area contributed by atoms with E-state index in [0.29, 0.717) is 11.6 Å². The molecule has 0 radical (unpaired) electrons. The molecule has 3 rings (SSSR count). The molecule has 2 fully saturated rings. The quantitative estimate of drug-likeness (QED) is 0.843. The lowest BCUT2D eigenvalue weighted by molar-refractivity contribution is -0.105. The van der Waals surface area contributed by atoms with Gasteiger partial charge in [-0.1, -0.05) is 12.1 Å². The minimum absolute atomic E-state index is 0.304. The molecule has 0 unspecified atom stereocenters. The summed E-state index contributed by atoms with van der Waals surface area (Å²) in [5.41, 5.74) is 2.29. The lowest BCUT2D eigenvalue weighted by atomic mass is 9.87. The van der Waals surface area contributed by atoms with Crippen molar-refractivity contribution in [1.29, 1.82) is 0 Å². The zero-order chi connectivity index (χ0) is 17.0. The summed E-state index contributed by atoms with van der Waals surface area (Å²) in [4.78, 5) is 15.8. The number of hydrogen-bond acceptors (Lipinski definition) is 4. The highest BCUT2D eigenvalue weighted by Crippen LogP contribution is 2.33. The molecule has 0 atom stereocenters. The normalized spacial score (nSPS) is 22.1. The van der Waals surface area contributed by atoms with E-state index in [1.54, 1.807) is 0 Å². The van der Waals surface area contributed by atoms with Crippen LogP contribution in [0.2, 0.25) is 0 Å². The third kappa shape index (κ3) is 3.57. The molecule has 2 aliphatic rings. The summed E-state index contributed by atoms with van der Waals surface area (Å²) in [6.45, 7) is 6.44. The van der Waals surface area contributed by atoms with E-state index in [1.807, 2.05) is 18.2 Å². The summed E-state index contributed by atoms with van der Waals surface area (Å²) >= 11 is 0.